The molecule has 0 spiro atoms. The maximum Gasteiger partial charge on any atom is -0.0809 e. The number of allylic oxidation sites excluding steroid dienone is 4. The van der Waals surface area contributed by atoms with E-state index in [4.69, 9.17) is 9.90 Å². The van der Waals surface area contributed by atoms with Crippen molar-refractivity contribution in [3.63, 3.8) is 0 Å². The van der Waals surface area contributed by atoms with Gasteiger partial charge in [0.15, 0.2) is 8.32 Å². The van der Waals surface area contributed by atoms with Gasteiger partial charge in [0.05, 0.1) is 0 Å². The van der Waals surface area contributed by atoms with Crippen LogP contribution in [0.5, 0.6) is 0 Å². The summed E-state index contributed by atoms with van der Waals surface area (Å²) in [6, 6.07) is 14.7. The molecular formula is C20H33Cl2O2SiZr-3. The fraction of sp³-hybridized carbons (Fsp3) is 0.250. The van der Waals surface area contributed by atoms with Gasteiger partial charge in [-0.05, 0) is 19.6 Å². The summed E-state index contributed by atoms with van der Waals surface area (Å²) >= 11 is 1.30. The molecular weight excluding hydrogens is 462 g/mol. The Morgan fingerprint density at radius 3 is 1.92 bits per heavy atom. The van der Waals surface area contributed by atoms with E-state index in [9.17, 15) is 0 Å². The molecule has 2 aromatic carbocycles. The first kappa shape index (κ1) is 36.7. The third-order valence-electron chi connectivity index (χ3n) is 2.13. The van der Waals surface area contributed by atoms with Crippen LogP contribution in [0.4, 0.5) is 0 Å². The van der Waals surface area contributed by atoms with Crippen LogP contribution in [-0.2, 0) is 24.2 Å². The predicted octanol–water partition coefficient (Wildman–Crippen LogP) is 5.55. The molecule has 0 unspecified atom stereocenters. The minimum absolute atomic E-state index is 0. The van der Waals surface area contributed by atoms with Gasteiger partial charge in [-0.15, -0.1) is 60.9 Å². The fourth-order valence-electron chi connectivity index (χ4n) is 1.41. The minimum atomic E-state index is -1.61. The molecule has 0 aliphatic heterocycles. The molecule has 0 bridgehead atoms. The van der Waals surface area contributed by atoms with Crippen LogP contribution in [0.25, 0.3) is 10.8 Å². The first-order chi connectivity index (χ1) is 11.0. The molecule has 0 fully saturated rings. The molecule has 2 aromatic rings. The largest absolute Gasteiger partial charge is 0.358 e. The quantitative estimate of drug-likeness (QED) is 0.372. The van der Waals surface area contributed by atoms with Gasteiger partial charge in [-0.25, -0.2) is 12.2 Å². The van der Waals surface area contributed by atoms with Crippen molar-refractivity contribution in [2.45, 2.75) is 26.1 Å². The molecule has 6 heteroatoms. The Kier molecular flexibility index (Phi) is 34.9. The van der Waals surface area contributed by atoms with Crippen molar-refractivity contribution in [3.05, 3.63) is 74.2 Å². The smallest absolute Gasteiger partial charge is 0.0809 e. The fourth-order valence-corrected chi connectivity index (χ4v) is 1.41. The van der Waals surface area contributed by atoms with Gasteiger partial charge in [0.1, 0.15) is 0 Å². The summed E-state index contributed by atoms with van der Waals surface area (Å²) in [5.74, 6) is 0. The normalized spacial score (nSPS) is 9.58. The number of fused-ring (bicyclic) bond motifs is 1. The van der Waals surface area contributed by atoms with Crippen LogP contribution in [0.3, 0.4) is 0 Å². The Morgan fingerprint density at radius 1 is 1.08 bits per heavy atom. The van der Waals surface area contributed by atoms with E-state index in [0.29, 0.717) is 0 Å². The van der Waals surface area contributed by atoms with Crippen molar-refractivity contribution in [2.24, 2.45) is 0 Å². The summed E-state index contributed by atoms with van der Waals surface area (Å²) in [6.45, 7) is 5.65. The molecule has 0 saturated heterocycles. The number of aliphatic hydroxyl groups is 1. The second kappa shape index (κ2) is 24.8. The average Bonchev–Trinajstić information content (AvgIpc) is 3.24. The molecule has 2 nitrogen and oxygen atoms in total. The number of hydrogen-bond donors (Lipinski definition) is 2. The molecule has 0 heterocycles. The molecule has 1 aliphatic rings. The molecule has 0 radical (unpaired) electrons. The van der Waals surface area contributed by atoms with Crippen LogP contribution in [0.15, 0.2) is 60.7 Å². The van der Waals surface area contributed by atoms with Gasteiger partial charge in [0, 0.05) is 7.11 Å². The Labute approximate surface area is 188 Å². The van der Waals surface area contributed by atoms with Crippen LogP contribution >= 0.6 is 24.8 Å². The molecule has 0 saturated carbocycles. The molecule has 150 valence electrons. The maximum absolute atomic E-state index is 8.66. The van der Waals surface area contributed by atoms with Crippen molar-refractivity contribution in [2.75, 3.05) is 7.11 Å². The number of benzene rings is 1. The van der Waals surface area contributed by atoms with Crippen molar-refractivity contribution < 1.29 is 34.1 Å². The van der Waals surface area contributed by atoms with Gasteiger partial charge in [-0.3, -0.25) is 6.08 Å². The van der Waals surface area contributed by atoms with Gasteiger partial charge in [-0.2, -0.15) is 23.6 Å². The maximum atomic E-state index is 8.66. The zero-order valence-electron chi connectivity index (χ0n) is 16.4. The van der Waals surface area contributed by atoms with Crippen molar-refractivity contribution in [1.29, 1.82) is 0 Å². The Hall–Kier alpha value is -0.220. The molecule has 0 atom stereocenters. The Balaban J connectivity index is -0.0000000770. The summed E-state index contributed by atoms with van der Waals surface area (Å²) in [5, 5.41) is 9.66. The second-order valence-electron chi connectivity index (χ2n) is 5.33. The monoisotopic (exact) mass is 493 g/mol. The SMILES string of the molecule is CO.C[Si](C)(C)O.Cl.Cl.[C-]1=CC=CC1.[CH2]=[Zr].[CH3-].c1ccc2[cH-]ccc2c1. The van der Waals surface area contributed by atoms with Crippen molar-refractivity contribution in [1.82, 2.24) is 0 Å². The van der Waals surface area contributed by atoms with Gasteiger partial charge >= 0.3 is 28.4 Å². The van der Waals surface area contributed by atoms with Crippen LogP contribution < -0.4 is 0 Å². The molecule has 3 rings (SSSR count). The van der Waals surface area contributed by atoms with Gasteiger partial charge in [-0.1, -0.05) is 6.07 Å². The molecule has 0 aromatic heterocycles. The van der Waals surface area contributed by atoms with E-state index in [2.05, 4.69) is 58.8 Å². The number of aliphatic hydroxyl groups excluding tert-OH is 1. The average molecular weight is 496 g/mol. The topological polar surface area (TPSA) is 40.5 Å². The third-order valence-corrected chi connectivity index (χ3v) is 2.13. The van der Waals surface area contributed by atoms with E-state index in [-0.39, 0.29) is 32.2 Å². The number of hydrogen-bond acceptors (Lipinski definition) is 2. The zero-order chi connectivity index (χ0) is 18.1. The summed E-state index contributed by atoms with van der Waals surface area (Å²) in [4.78, 5) is 8.66. The first-order valence-corrected chi connectivity index (χ1v) is 12.5. The molecule has 0 amide bonds. The van der Waals surface area contributed by atoms with Crippen LogP contribution in [0.1, 0.15) is 6.42 Å². The Bertz CT molecular complexity index is 518. The molecule has 1 aliphatic carbocycles. The summed E-state index contributed by atoms with van der Waals surface area (Å²) < 4.78 is 3.34. The van der Waals surface area contributed by atoms with Gasteiger partial charge < -0.3 is 17.3 Å². The predicted molar refractivity (Wildman–Crippen MR) is 123 cm³/mol. The van der Waals surface area contributed by atoms with E-state index in [1.807, 2.05) is 31.8 Å². The van der Waals surface area contributed by atoms with Gasteiger partial charge in [0.25, 0.3) is 0 Å². The zero-order valence-corrected chi connectivity index (χ0v) is 21.5. The van der Waals surface area contributed by atoms with Crippen LogP contribution in [0.2, 0.25) is 19.6 Å². The van der Waals surface area contributed by atoms with E-state index >= 15 is 0 Å². The standard InChI is InChI=1S/C9H7.C5H5.C3H10OSi.CH4O.CH3.CH2.2ClH.Zr/c1-2-5-9-7-3-6-8(9)4-1;1-2-4-5-3-1;1-5(2,3)4;1-2;;;;;/h1-7H;1-3H,4H2;4H,1-3H3;2H,1H3;1H3;1H2;2*1H;/q2*-1;;;-1;;;;. The Morgan fingerprint density at radius 2 is 1.58 bits per heavy atom. The number of rotatable bonds is 0. The van der Waals surface area contributed by atoms with E-state index in [0.717, 1.165) is 13.5 Å². The molecule has 26 heavy (non-hydrogen) atoms. The van der Waals surface area contributed by atoms with E-state index in [1.54, 1.807) is 0 Å². The van der Waals surface area contributed by atoms with E-state index in [1.165, 1.54) is 35.0 Å². The number of halogens is 2. The summed E-state index contributed by atoms with van der Waals surface area (Å²) in [5.41, 5.74) is 0. The van der Waals surface area contributed by atoms with Crippen LogP contribution in [-0.4, -0.2) is 29.5 Å². The van der Waals surface area contributed by atoms with E-state index < -0.39 is 8.32 Å². The second-order valence-corrected chi connectivity index (χ2v) is 9.67. The summed E-state index contributed by atoms with van der Waals surface area (Å²) in [7, 11) is -0.611. The van der Waals surface area contributed by atoms with Crippen molar-refractivity contribution >= 4 is 48.1 Å². The third kappa shape index (κ3) is 26.0. The molecule has 2 N–H and O–H groups in total. The summed E-state index contributed by atoms with van der Waals surface area (Å²) in [6.07, 6.45) is 10.0. The van der Waals surface area contributed by atoms with Crippen molar-refractivity contribution in [3.8, 4) is 0 Å². The van der Waals surface area contributed by atoms with Crippen LogP contribution in [0, 0.1) is 13.5 Å². The minimum Gasteiger partial charge on any atom is -0.358 e. The van der Waals surface area contributed by atoms with Gasteiger partial charge in [0.2, 0.25) is 0 Å². The first-order valence-electron chi connectivity index (χ1n) is 7.31.